The molecule has 0 saturated heterocycles. The molecule has 1 heterocycles. The molecule has 0 spiro atoms. The topological polar surface area (TPSA) is 64.1 Å². The number of ether oxygens (including phenoxy) is 1. The van der Waals surface area contributed by atoms with E-state index in [1.807, 2.05) is 37.3 Å². The first-order valence-corrected chi connectivity index (χ1v) is 10.4. The summed E-state index contributed by atoms with van der Waals surface area (Å²) in [5, 5.41) is 12.3. The van der Waals surface area contributed by atoms with Gasteiger partial charge in [-0.25, -0.2) is 0 Å². The first-order valence-electron chi connectivity index (χ1n) is 9.58. The van der Waals surface area contributed by atoms with Crippen molar-refractivity contribution >= 4 is 22.4 Å². The Morgan fingerprint density at radius 1 is 1.07 bits per heavy atom. The van der Waals surface area contributed by atoms with E-state index in [0.717, 1.165) is 29.2 Å². The maximum atomic E-state index is 12.5. The molecule has 0 unspecified atom stereocenters. The lowest BCUT2D eigenvalue weighted by Crippen LogP contribution is -2.30. The Hall–Kier alpha value is -2.73. The fourth-order valence-corrected chi connectivity index (χ4v) is 4.09. The maximum absolute atomic E-state index is 12.5. The van der Waals surface area contributed by atoms with E-state index in [-0.39, 0.29) is 5.91 Å². The summed E-state index contributed by atoms with van der Waals surface area (Å²) in [5.74, 6) is 0.505. The number of nitrogens with one attached hydrogen (secondary N) is 1. The SMILES string of the molecule is Cc1ccc(-c2nnc(NC(=O)[C@@H](C)Oc3ccc4c(c3)CCCC4)s2)cc1. The van der Waals surface area contributed by atoms with Gasteiger partial charge in [0.05, 0.1) is 0 Å². The van der Waals surface area contributed by atoms with Crippen molar-refractivity contribution in [2.45, 2.75) is 45.6 Å². The molecule has 1 atom stereocenters. The summed E-state index contributed by atoms with van der Waals surface area (Å²) in [6, 6.07) is 14.2. The van der Waals surface area contributed by atoms with Gasteiger partial charge >= 0.3 is 0 Å². The highest BCUT2D eigenvalue weighted by Crippen LogP contribution is 2.28. The van der Waals surface area contributed by atoms with Crippen molar-refractivity contribution in [3.8, 4) is 16.3 Å². The molecule has 0 saturated carbocycles. The Morgan fingerprint density at radius 2 is 1.82 bits per heavy atom. The third kappa shape index (κ3) is 4.22. The number of hydrogen-bond acceptors (Lipinski definition) is 5. The molecular weight excluding hydrogens is 370 g/mol. The second-order valence-electron chi connectivity index (χ2n) is 7.17. The molecule has 28 heavy (non-hydrogen) atoms. The number of amides is 1. The van der Waals surface area contributed by atoms with Crippen LogP contribution in [0.2, 0.25) is 0 Å². The fourth-order valence-electron chi connectivity index (χ4n) is 3.33. The van der Waals surface area contributed by atoms with E-state index in [1.165, 1.54) is 40.9 Å². The number of nitrogens with zero attached hydrogens (tertiary/aromatic N) is 2. The predicted molar refractivity (Wildman–Crippen MR) is 112 cm³/mol. The van der Waals surface area contributed by atoms with Crippen molar-refractivity contribution in [2.75, 3.05) is 5.32 Å². The molecule has 4 rings (SSSR count). The summed E-state index contributed by atoms with van der Waals surface area (Å²) < 4.78 is 5.86. The zero-order valence-corrected chi connectivity index (χ0v) is 16.9. The molecule has 1 amide bonds. The average Bonchev–Trinajstić information content (AvgIpc) is 3.17. The van der Waals surface area contributed by atoms with Gasteiger partial charge in [-0.2, -0.15) is 0 Å². The fraction of sp³-hybridized carbons (Fsp3) is 0.318. The van der Waals surface area contributed by atoms with E-state index in [0.29, 0.717) is 5.13 Å². The maximum Gasteiger partial charge on any atom is 0.266 e. The molecule has 2 aromatic carbocycles. The number of benzene rings is 2. The second kappa shape index (κ2) is 8.10. The van der Waals surface area contributed by atoms with Gasteiger partial charge in [0.1, 0.15) is 10.8 Å². The van der Waals surface area contributed by atoms with Crippen molar-refractivity contribution in [1.29, 1.82) is 0 Å². The van der Waals surface area contributed by atoms with Gasteiger partial charge in [0.25, 0.3) is 5.91 Å². The quantitative estimate of drug-likeness (QED) is 0.676. The van der Waals surface area contributed by atoms with Gasteiger partial charge in [-0.15, -0.1) is 10.2 Å². The van der Waals surface area contributed by atoms with E-state index in [1.54, 1.807) is 6.92 Å². The van der Waals surface area contributed by atoms with Crippen LogP contribution in [0.5, 0.6) is 5.75 Å². The summed E-state index contributed by atoms with van der Waals surface area (Å²) in [6.45, 7) is 3.79. The molecule has 6 heteroatoms. The van der Waals surface area contributed by atoms with Gasteiger partial charge in [0.15, 0.2) is 6.10 Å². The van der Waals surface area contributed by atoms with Crippen LogP contribution in [0.25, 0.3) is 10.6 Å². The predicted octanol–water partition coefficient (Wildman–Crippen LogP) is 4.80. The minimum absolute atomic E-state index is 0.232. The van der Waals surface area contributed by atoms with Crippen molar-refractivity contribution in [2.24, 2.45) is 0 Å². The van der Waals surface area contributed by atoms with Crippen molar-refractivity contribution < 1.29 is 9.53 Å². The number of carbonyl (C=O) groups is 1. The van der Waals surface area contributed by atoms with Crippen LogP contribution in [0.4, 0.5) is 5.13 Å². The molecule has 3 aromatic rings. The molecular formula is C22H23N3O2S. The minimum Gasteiger partial charge on any atom is -0.481 e. The Kier molecular flexibility index (Phi) is 5.39. The third-order valence-electron chi connectivity index (χ3n) is 4.96. The van der Waals surface area contributed by atoms with Crippen LogP contribution in [-0.4, -0.2) is 22.2 Å². The van der Waals surface area contributed by atoms with E-state index in [4.69, 9.17) is 4.74 Å². The lowest BCUT2D eigenvalue weighted by Gasteiger charge is -2.18. The molecule has 1 aromatic heterocycles. The summed E-state index contributed by atoms with van der Waals surface area (Å²) in [6.07, 6.45) is 4.06. The molecule has 0 radical (unpaired) electrons. The van der Waals surface area contributed by atoms with E-state index in [9.17, 15) is 4.79 Å². The van der Waals surface area contributed by atoms with Crippen LogP contribution in [0, 0.1) is 6.92 Å². The minimum atomic E-state index is -0.617. The summed E-state index contributed by atoms with van der Waals surface area (Å²) in [4.78, 5) is 12.5. The molecule has 0 aliphatic heterocycles. The summed E-state index contributed by atoms with van der Waals surface area (Å²) >= 11 is 1.35. The first kappa shape index (κ1) is 18.6. The largest absolute Gasteiger partial charge is 0.481 e. The van der Waals surface area contributed by atoms with Crippen molar-refractivity contribution in [3.05, 3.63) is 59.2 Å². The van der Waals surface area contributed by atoms with E-state index >= 15 is 0 Å². The van der Waals surface area contributed by atoms with E-state index in [2.05, 4.69) is 27.6 Å². The van der Waals surface area contributed by atoms with Gasteiger partial charge < -0.3 is 4.74 Å². The Morgan fingerprint density at radius 3 is 2.61 bits per heavy atom. The van der Waals surface area contributed by atoms with Crippen molar-refractivity contribution in [1.82, 2.24) is 10.2 Å². The molecule has 1 aliphatic rings. The number of aryl methyl sites for hydroxylation is 3. The molecule has 1 aliphatic carbocycles. The van der Waals surface area contributed by atoms with Crippen LogP contribution in [0.15, 0.2) is 42.5 Å². The Bertz CT molecular complexity index is 982. The normalized spacial score (nSPS) is 14.2. The highest BCUT2D eigenvalue weighted by atomic mass is 32.1. The van der Waals surface area contributed by atoms with Crippen LogP contribution in [0.1, 0.15) is 36.5 Å². The van der Waals surface area contributed by atoms with Gasteiger partial charge in [-0.1, -0.05) is 47.2 Å². The van der Waals surface area contributed by atoms with Gasteiger partial charge in [0.2, 0.25) is 5.13 Å². The van der Waals surface area contributed by atoms with E-state index < -0.39 is 6.10 Å². The van der Waals surface area contributed by atoms with Crippen LogP contribution in [-0.2, 0) is 17.6 Å². The number of anilines is 1. The Labute approximate surface area is 168 Å². The average molecular weight is 394 g/mol. The standard InChI is InChI=1S/C22H23N3O2S/c1-14-7-9-17(10-8-14)21-24-25-22(28-21)23-20(26)15(2)27-19-12-11-16-5-3-4-6-18(16)13-19/h7-13,15H,3-6H2,1-2H3,(H,23,25,26)/t15-/m1/s1. The molecule has 0 fully saturated rings. The first-order chi connectivity index (χ1) is 13.6. The van der Waals surface area contributed by atoms with Crippen molar-refractivity contribution in [3.63, 3.8) is 0 Å². The highest BCUT2D eigenvalue weighted by molar-refractivity contribution is 7.18. The molecule has 0 bridgehead atoms. The number of aromatic nitrogens is 2. The smallest absolute Gasteiger partial charge is 0.266 e. The molecule has 144 valence electrons. The van der Waals surface area contributed by atoms with Crippen LogP contribution in [0.3, 0.4) is 0 Å². The highest BCUT2D eigenvalue weighted by Gasteiger charge is 2.18. The Balaban J connectivity index is 1.39. The van der Waals surface area contributed by atoms with Gasteiger partial charge in [-0.3, -0.25) is 10.1 Å². The monoisotopic (exact) mass is 393 g/mol. The second-order valence-corrected chi connectivity index (χ2v) is 8.14. The number of fused-ring (bicyclic) bond motifs is 1. The molecule has 1 N–H and O–H groups in total. The lowest BCUT2D eigenvalue weighted by molar-refractivity contribution is -0.122. The van der Waals surface area contributed by atoms with Crippen LogP contribution < -0.4 is 10.1 Å². The van der Waals surface area contributed by atoms with Gasteiger partial charge in [0, 0.05) is 5.56 Å². The lowest BCUT2D eigenvalue weighted by atomic mass is 9.92. The van der Waals surface area contributed by atoms with Gasteiger partial charge in [-0.05, 0) is 62.8 Å². The number of carbonyl (C=O) groups excluding carboxylic acids is 1. The number of rotatable bonds is 5. The summed E-state index contributed by atoms with van der Waals surface area (Å²) in [5.41, 5.74) is 4.91. The zero-order valence-electron chi connectivity index (χ0n) is 16.1. The number of hydrogen-bond donors (Lipinski definition) is 1. The summed E-state index contributed by atoms with van der Waals surface area (Å²) in [7, 11) is 0. The van der Waals surface area contributed by atoms with Crippen LogP contribution >= 0.6 is 11.3 Å². The zero-order chi connectivity index (χ0) is 19.5. The third-order valence-corrected chi connectivity index (χ3v) is 5.84. The molecule has 5 nitrogen and oxygen atoms in total.